The third-order valence-corrected chi connectivity index (χ3v) is 3.94. The van der Waals surface area contributed by atoms with Crippen LogP contribution in [0.25, 0.3) is 0 Å². The fourth-order valence-electron chi connectivity index (χ4n) is 2.72. The summed E-state index contributed by atoms with van der Waals surface area (Å²) in [5.74, 6) is 0.738. The van der Waals surface area contributed by atoms with Crippen LogP contribution >= 0.6 is 0 Å². The van der Waals surface area contributed by atoms with Crippen LogP contribution in [0.5, 0.6) is 5.75 Å². The quantitative estimate of drug-likeness (QED) is 0.888. The van der Waals surface area contributed by atoms with Crippen molar-refractivity contribution in [2.24, 2.45) is 0 Å². The Kier molecular flexibility index (Phi) is 4.44. The molecule has 5 nitrogen and oxygen atoms in total. The number of ether oxygens (including phenoxy) is 1. The molecule has 1 aromatic carbocycles. The minimum absolute atomic E-state index is 0.0696. The first-order valence-corrected chi connectivity index (χ1v) is 7.48. The zero-order valence-electron chi connectivity index (χ0n) is 12.2. The van der Waals surface area contributed by atoms with Gasteiger partial charge in [-0.05, 0) is 61.7 Å². The van der Waals surface area contributed by atoms with Gasteiger partial charge in [-0.3, -0.25) is 0 Å². The van der Waals surface area contributed by atoms with Gasteiger partial charge in [-0.1, -0.05) is 12.1 Å². The van der Waals surface area contributed by atoms with Crippen molar-refractivity contribution in [1.29, 1.82) is 0 Å². The van der Waals surface area contributed by atoms with Crippen LogP contribution < -0.4 is 10.1 Å². The van der Waals surface area contributed by atoms with E-state index in [9.17, 15) is 4.79 Å². The second-order valence-corrected chi connectivity index (χ2v) is 5.45. The van der Waals surface area contributed by atoms with Crippen molar-refractivity contribution in [3.8, 4) is 5.75 Å². The highest BCUT2D eigenvalue weighted by molar-refractivity contribution is 5.84. The van der Waals surface area contributed by atoms with Gasteiger partial charge in [0.2, 0.25) is 5.76 Å². The Balaban J connectivity index is 1.57. The van der Waals surface area contributed by atoms with Crippen LogP contribution in [0.3, 0.4) is 0 Å². The Morgan fingerprint density at radius 3 is 2.55 bits per heavy atom. The van der Waals surface area contributed by atoms with Crippen molar-refractivity contribution < 1.29 is 19.1 Å². The number of piperidine rings is 1. The summed E-state index contributed by atoms with van der Waals surface area (Å²) in [5.41, 5.74) is 1.35. The molecule has 0 saturated carbocycles. The number of nitrogens with one attached hydrogen (secondary N) is 1. The van der Waals surface area contributed by atoms with Crippen molar-refractivity contribution in [2.75, 3.05) is 13.1 Å². The average molecular weight is 301 g/mol. The van der Waals surface area contributed by atoms with E-state index in [0.717, 1.165) is 18.8 Å². The molecule has 2 N–H and O–H groups in total. The number of carboxylic acids is 1. The van der Waals surface area contributed by atoms with Crippen LogP contribution in [0.15, 0.2) is 40.8 Å². The molecule has 116 valence electrons. The Hall–Kier alpha value is -2.27. The van der Waals surface area contributed by atoms with E-state index in [2.05, 4.69) is 17.4 Å². The van der Waals surface area contributed by atoms with E-state index in [1.807, 2.05) is 12.1 Å². The summed E-state index contributed by atoms with van der Waals surface area (Å²) >= 11 is 0. The molecular weight excluding hydrogens is 282 g/mol. The molecule has 0 unspecified atom stereocenters. The first-order valence-electron chi connectivity index (χ1n) is 7.48. The van der Waals surface area contributed by atoms with E-state index < -0.39 is 5.97 Å². The molecule has 0 radical (unpaired) electrons. The molecule has 1 fully saturated rings. The van der Waals surface area contributed by atoms with Gasteiger partial charge in [0.05, 0.1) is 0 Å². The first kappa shape index (κ1) is 14.7. The van der Waals surface area contributed by atoms with Crippen LogP contribution in [-0.4, -0.2) is 24.2 Å². The summed E-state index contributed by atoms with van der Waals surface area (Å²) in [6, 6.07) is 11.2. The summed E-state index contributed by atoms with van der Waals surface area (Å²) < 4.78 is 10.8. The number of hydrogen-bond acceptors (Lipinski definition) is 4. The second kappa shape index (κ2) is 6.66. The predicted molar refractivity (Wildman–Crippen MR) is 81.3 cm³/mol. The molecule has 0 aliphatic carbocycles. The molecule has 0 amide bonds. The minimum Gasteiger partial charge on any atom is -0.486 e. The number of carboxylic acid groups (broad SMARTS) is 1. The summed E-state index contributed by atoms with van der Waals surface area (Å²) in [6.07, 6.45) is 2.34. The highest BCUT2D eigenvalue weighted by atomic mass is 16.5. The minimum atomic E-state index is -1.07. The molecule has 2 heterocycles. The van der Waals surface area contributed by atoms with Crippen LogP contribution in [0.4, 0.5) is 0 Å². The van der Waals surface area contributed by atoms with E-state index in [0.29, 0.717) is 11.7 Å². The van der Waals surface area contributed by atoms with Crippen molar-refractivity contribution >= 4 is 5.97 Å². The fraction of sp³-hybridized carbons (Fsp3) is 0.353. The standard InChI is InChI=1S/C17H19NO4/c19-17(20)16-6-5-15(22-16)11-21-14-3-1-12(2-4-14)13-7-9-18-10-8-13/h1-6,13,18H,7-11H2,(H,19,20). The van der Waals surface area contributed by atoms with Crippen LogP contribution in [-0.2, 0) is 6.61 Å². The van der Waals surface area contributed by atoms with Crippen molar-refractivity contribution in [3.05, 3.63) is 53.5 Å². The normalized spacial score (nSPS) is 15.6. The van der Waals surface area contributed by atoms with Crippen LogP contribution in [0.2, 0.25) is 0 Å². The van der Waals surface area contributed by atoms with E-state index in [1.165, 1.54) is 24.5 Å². The maximum Gasteiger partial charge on any atom is 0.371 e. The number of hydrogen-bond donors (Lipinski definition) is 2. The Morgan fingerprint density at radius 2 is 1.91 bits per heavy atom. The molecule has 1 saturated heterocycles. The number of rotatable bonds is 5. The number of furan rings is 1. The number of aromatic carboxylic acids is 1. The number of carbonyl (C=O) groups is 1. The molecule has 0 spiro atoms. The van der Waals surface area contributed by atoms with Gasteiger partial charge < -0.3 is 19.6 Å². The summed E-state index contributed by atoms with van der Waals surface area (Å²) in [6.45, 7) is 2.38. The van der Waals surface area contributed by atoms with E-state index in [4.69, 9.17) is 14.3 Å². The molecule has 5 heteroatoms. The average Bonchev–Trinajstić information content (AvgIpc) is 3.04. The Bertz CT molecular complexity index is 626. The Morgan fingerprint density at radius 1 is 1.18 bits per heavy atom. The molecule has 1 aliphatic heterocycles. The van der Waals surface area contributed by atoms with Gasteiger partial charge in [-0.15, -0.1) is 0 Å². The lowest BCUT2D eigenvalue weighted by Gasteiger charge is -2.23. The predicted octanol–water partition coefficient (Wildman–Crippen LogP) is 3.02. The third-order valence-electron chi connectivity index (χ3n) is 3.94. The summed E-state index contributed by atoms with van der Waals surface area (Å²) in [4.78, 5) is 10.7. The smallest absolute Gasteiger partial charge is 0.371 e. The maximum atomic E-state index is 10.7. The van der Waals surface area contributed by atoms with E-state index in [1.54, 1.807) is 6.07 Å². The molecule has 1 aliphatic rings. The summed E-state index contributed by atoms with van der Waals surface area (Å²) in [7, 11) is 0. The highest BCUT2D eigenvalue weighted by Gasteiger charge is 2.15. The molecule has 1 aromatic heterocycles. The van der Waals surface area contributed by atoms with Gasteiger partial charge in [0.15, 0.2) is 0 Å². The SMILES string of the molecule is O=C(O)c1ccc(COc2ccc(C3CCNCC3)cc2)o1. The maximum absolute atomic E-state index is 10.7. The molecule has 3 rings (SSSR count). The lowest BCUT2D eigenvalue weighted by atomic mass is 9.90. The van der Waals surface area contributed by atoms with Gasteiger partial charge >= 0.3 is 5.97 Å². The largest absolute Gasteiger partial charge is 0.486 e. The topological polar surface area (TPSA) is 71.7 Å². The summed E-state index contributed by atoms with van der Waals surface area (Å²) in [5, 5.41) is 12.2. The van der Waals surface area contributed by atoms with Gasteiger partial charge in [-0.25, -0.2) is 4.79 Å². The zero-order valence-corrected chi connectivity index (χ0v) is 12.2. The van der Waals surface area contributed by atoms with Crippen LogP contribution in [0.1, 0.15) is 40.6 Å². The first-order chi connectivity index (χ1) is 10.7. The lowest BCUT2D eigenvalue weighted by Crippen LogP contribution is -2.26. The molecule has 2 aromatic rings. The monoisotopic (exact) mass is 301 g/mol. The van der Waals surface area contributed by atoms with Gasteiger partial charge in [0.25, 0.3) is 0 Å². The molecule has 0 atom stereocenters. The van der Waals surface area contributed by atoms with Crippen molar-refractivity contribution in [2.45, 2.75) is 25.4 Å². The van der Waals surface area contributed by atoms with Gasteiger partial charge in [-0.2, -0.15) is 0 Å². The zero-order chi connectivity index (χ0) is 15.4. The van der Waals surface area contributed by atoms with Crippen molar-refractivity contribution in [3.63, 3.8) is 0 Å². The molecule has 22 heavy (non-hydrogen) atoms. The highest BCUT2D eigenvalue weighted by Crippen LogP contribution is 2.27. The van der Waals surface area contributed by atoms with Gasteiger partial charge in [0.1, 0.15) is 18.1 Å². The molecule has 0 bridgehead atoms. The van der Waals surface area contributed by atoms with Crippen LogP contribution in [0, 0.1) is 0 Å². The number of benzene rings is 1. The van der Waals surface area contributed by atoms with E-state index in [-0.39, 0.29) is 12.4 Å². The Labute approximate surface area is 128 Å². The molecular formula is C17H19NO4. The fourth-order valence-corrected chi connectivity index (χ4v) is 2.72. The van der Waals surface area contributed by atoms with Gasteiger partial charge in [0, 0.05) is 0 Å². The second-order valence-electron chi connectivity index (χ2n) is 5.45. The third kappa shape index (κ3) is 3.49. The lowest BCUT2D eigenvalue weighted by molar-refractivity contribution is 0.0658. The van der Waals surface area contributed by atoms with E-state index >= 15 is 0 Å². The van der Waals surface area contributed by atoms with Crippen molar-refractivity contribution in [1.82, 2.24) is 5.32 Å².